The van der Waals surface area contributed by atoms with Crippen LogP contribution >= 0.6 is 0 Å². The zero-order chi connectivity index (χ0) is 13.3. The summed E-state index contributed by atoms with van der Waals surface area (Å²) >= 11 is 0. The van der Waals surface area contributed by atoms with Gasteiger partial charge >= 0.3 is 0 Å². The molecule has 1 aromatic carbocycles. The lowest BCUT2D eigenvalue weighted by atomic mass is 9.85. The third-order valence-electron chi connectivity index (χ3n) is 3.83. The Morgan fingerprint density at radius 2 is 2.06 bits per heavy atom. The van der Waals surface area contributed by atoms with Gasteiger partial charge in [-0.25, -0.2) is 0 Å². The lowest BCUT2D eigenvalue weighted by molar-refractivity contribution is -0.121. The van der Waals surface area contributed by atoms with Crippen LogP contribution in [0.15, 0.2) is 18.2 Å². The van der Waals surface area contributed by atoms with E-state index in [1.807, 2.05) is 27.9 Å². The quantitative estimate of drug-likeness (QED) is 0.825. The van der Waals surface area contributed by atoms with Gasteiger partial charge in [0.25, 0.3) is 0 Å². The minimum Gasteiger partial charge on any atom is -0.320 e. The van der Waals surface area contributed by atoms with Crippen molar-refractivity contribution < 1.29 is 4.79 Å². The molecule has 18 heavy (non-hydrogen) atoms. The van der Waals surface area contributed by atoms with Crippen molar-refractivity contribution >= 4 is 11.6 Å². The van der Waals surface area contributed by atoms with Gasteiger partial charge in [-0.2, -0.15) is 0 Å². The van der Waals surface area contributed by atoms with Crippen molar-refractivity contribution in [3.8, 4) is 0 Å². The number of fused-ring (bicyclic) bond motifs is 1. The smallest absolute Gasteiger partial charge is 0.236 e. The van der Waals surface area contributed by atoms with Crippen LogP contribution in [-0.2, 0) is 16.6 Å². The number of hydrogen-bond donors (Lipinski definition) is 1. The third kappa shape index (κ3) is 2.03. The molecule has 0 aliphatic carbocycles. The SMILES string of the molecule is CNCCCc1ccc2c(c1)C(C)(C)C(=O)N2C. The number of anilines is 1. The fourth-order valence-corrected chi connectivity index (χ4v) is 2.64. The first-order valence-corrected chi connectivity index (χ1v) is 6.54. The third-order valence-corrected chi connectivity index (χ3v) is 3.83. The van der Waals surface area contributed by atoms with Gasteiger partial charge in [0.2, 0.25) is 5.91 Å². The van der Waals surface area contributed by atoms with E-state index < -0.39 is 0 Å². The average Bonchev–Trinajstić information content (AvgIpc) is 2.52. The maximum Gasteiger partial charge on any atom is 0.236 e. The summed E-state index contributed by atoms with van der Waals surface area (Å²) in [6.07, 6.45) is 2.18. The lowest BCUT2D eigenvalue weighted by Gasteiger charge is -2.16. The van der Waals surface area contributed by atoms with Crippen LogP contribution in [0.5, 0.6) is 0 Å². The zero-order valence-electron chi connectivity index (χ0n) is 11.7. The van der Waals surface area contributed by atoms with Crippen LogP contribution < -0.4 is 10.2 Å². The molecule has 1 heterocycles. The summed E-state index contributed by atoms with van der Waals surface area (Å²) in [7, 11) is 3.83. The van der Waals surface area contributed by atoms with Gasteiger partial charge in [0.15, 0.2) is 0 Å². The maximum atomic E-state index is 12.2. The highest BCUT2D eigenvalue weighted by molar-refractivity contribution is 6.07. The molecule has 1 N–H and O–H groups in total. The first kappa shape index (κ1) is 13.1. The first-order valence-electron chi connectivity index (χ1n) is 6.54. The number of likely N-dealkylation sites (N-methyl/N-ethyl adjacent to an activating group) is 1. The van der Waals surface area contributed by atoms with E-state index in [-0.39, 0.29) is 11.3 Å². The van der Waals surface area contributed by atoms with Gasteiger partial charge in [-0.1, -0.05) is 12.1 Å². The van der Waals surface area contributed by atoms with Crippen LogP contribution in [0.3, 0.4) is 0 Å². The van der Waals surface area contributed by atoms with Crippen LogP contribution in [0.25, 0.3) is 0 Å². The number of benzene rings is 1. The molecule has 0 fully saturated rings. The minimum atomic E-state index is -0.386. The Hall–Kier alpha value is -1.35. The van der Waals surface area contributed by atoms with Gasteiger partial charge in [0, 0.05) is 12.7 Å². The number of carbonyl (C=O) groups excluding carboxylic acids is 1. The van der Waals surface area contributed by atoms with Crippen LogP contribution in [0.1, 0.15) is 31.4 Å². The van der Waals surface area contributed by atoms with Crippen molar-refractivity contribution in [2.75, 3.05) is 25.5 Å². The second-order valence-electron chi connectivity index (χ2n) is 5.55. The number of carbonyl (C=O) groups is 1. The number of nitrogens with zero attached hydrogens (tertiary/aromatic N) is 1. The predicted octanol–water partition coefficient (Wildman–Crippen LogP) is 2.09. The molecule has 98 valence electrons. The number of hydrogen-bond acceptors (Lipinski definition) is 2. The molecule has 1 aromatic rings. The molecular weight excluding hydrogens is 224 g/mol. The highest BCUT2D eigenvalue weighted by atomic mass is 16.2. The van der Waals surface area contributed by atoms with E-state index in [0.717, 1.165) is 30.6 Å². The first-order chi connectivity index (χ1) is 8.48. The van der Waals surface area contributed by atoms with E-state index in [0.29, 0.717) is 0 Å². The van der Waals surface area contributed by atoms with E-state index in [1.54, 1.807) is 4.90 Å². The average molecular weight is 246 g/mol. The Morgan fingerprint density at radius 1 is 1.33 bits per heavy atom. The summed E-state index contributed by atoms with van der Waals surface area (Å²) in [5.41, 5.74) is 3.16. The Bertz CT molecular complexity index is 466. The van der Waals surface area contributed by atoms with Crippen molar-refractivity contribution in [3.63, 3.8) is 0 Å². The lowest BCUT2D eigenvalue weighted by Crippen LogP contribution is -2.33. The van der Waals surface area contributed by atoms with Gasteiger partial charge in [-0.05, 0) is 57.5 Å². The molecule has 3 nitrogen and oxygen atoms in total. The molecule has 1 aliphatic heterocycles. The Labute approximate surface area is 109 Å². The number of nitrogens with one attached hydrogen (secondary N) is 1. The summed E-state index contributed by atoms with van der Waals surface area (Å²) in [5, 5.41) is 3.16. The molecule has 0 saturated carbocycles. The minimum absolute atomic E-state index is 0.185. The molecule has 0 saturated heterocycles. The molecule has 1 amide bonds. The molecule has 0 atom stereocenters. The Balaban J connectivity index is 2.27. The fourth-order valence-electron chi connectivity index (χ4n) is 2.64. The maximum absolute atomic E-state index is 12.2. The molecule has 1 aliphatic rings. The second-order valence-corrected chi connectivity index (χ2v) is 5.55. The van der Waals surface area contributed by atoms with E-state index in [9.17, 15) is 4.79 Å². The van der Waals surface area contributed by atoms with Crippen molar-refractivity contribution in [3.05, 3.63) is 29.3 Å². The Kier molecular flexibility index (Phi) is 3.44. The normalized spacial score (nSPS) is 17.1. The summed E-state index contributed by atoms with van der Waals surface area (Å²) < 4.78 is 0. The number of aryl methyl sites for hydroxylation is 1. The molecule has 2 rings (SSSR count). The highest BCUT2D eigenvalue weighted by Crippen LogP contribution is 2.41. The fraction of sp³-hybridized carbons (Fsp3) is 0.533. The van der Waals surface area contributed by atoms with E-state index in [2.05, 4.69) is 23.5 Å². The molecule has 3 heteroatoms. The monoisotopic (exact) mass is 246 g/mol. The molecule has 0 radical (unpaired) electrons. The molecule has 0 aromatic heterocycles. The highest BCUT2D eigenvalue weighted by Gasteiger charge is 2.41. The Morgan fingerprint density at radius 3 is 2.72 bits per heavy atom. The van der Waals surface area contributed by atoms with Crippen LogP contribution in [0.2, 0.25) is 0 Å². The number of rotatable bonds is 4. The predicted molar refractivity (Wildman–Crippen MR) is 75.1 cm³/mol. The molecule has 0 unspecified atom stereocenters. The number of amides is 1. The van der Waals surface area contributed by atoms with E-state index in [1.165, 1.54) is 5.56 Å². The second kappa shape index (κ2) is 4.73. The van der Waals surface area contributed by atoms with Crippen molar-refractivity contribution in [1.29, 1.82) is 0 Å². The topological polar surface area (TPSA) is 32.3 Å². The molecule has 0 spiro atoms. The van der Waals surface area contributed by atoms with Gasteiger partial charge in [0.05, 0.1) is 5.41 Å². The van der Waals surface area contributed by atoms with Crippen molar-refractivity contribution in [2.45, 2.75) is 32.1 Å². The van der Waals surface area contributed by atoms with Gasteiger partial charge in [-0.15, -0.1) is 0 Å². The van der Waals surface area contributed by atoms with Crippen LogP contribution in [-0.4, -0.2) is 26.5 Å². The van der Waals surface area contributed by atoms with Gasteiger partial charge < -0.3 is 10.2 Å². The van der Waals surface area contributed by atoms with Crippen molar-refractivity contribution in [1.82, 2.24) is 5.32 Å². The zero-order valence-corrected chi connectivity index (χ0v) is 11.7. The van der Waals surface area contributed by atoms with Crippen LogP contribution in [0, 0.1) is 0 Å². The summed E-state index contributed by atoms with van der Waals surface area (Å²) in [6.45, 7) is 5.05. The van der Waals surface area contributed by atoms with E-state index in [4.69, 9.17) is 0 Å². The molecule has 0 bridgehead atoms. The standard InChI is InChI=1S/C15H22N2O/c1-15(2)12-10-11(6-5-9-16-3)7-8-13(12)17(4)14(15)18/h7-8,10,16H,5-6,9H2,1-4H3. The summed E-state index contributed by atoms with van der Waals surface area (Å²) in [5.74, 6) is 0.185. The summed E-state index contributed by atoms with van der Waals surface area (Å²) in [6, 6.07) is 6.42. The largest absolute Gasteiger partial charge is 0.320 e. The molecular formula is C15H22N2O. The summed E-state index contributed by atoms with van der Waals surface area (Å²) in [4.78, 5) is 13.9. The van der Waals surface area contributed by atoms with Gasteiger partial charge in [-0.3, -0.25) is 4.79 Å². The van der Waals surface area contributed by atoms with Crippen molar-refractivity contribution in [2.24, 2.45) is 0 Å². The van der Waals surface area contributed by atoms with Crippen LogP contribution in [0.4, 0.5) is 5.69 Å². The van der Waals surface area contributed by atoms with Gasteiger partial charge in [0.1, 0.15) is 0 Å². The van der Waals surface area contributed by atoms with E-state index >= 15 is 0 Å².